The van der Waals surface area contributed by atoms with Crippen molar-refractivity contribution < 1.29 is 4.74 Å². The number of hydrogen-bond donors (Lipinski definition) is 2. The van der Waals surface area contributed by atoms with Crippen molar-refractivity contribution in [2.75, 3.05) is 7.11 Å². The van der Waals surface area contributed by atoms with Gasteiger partial charge in [0, 0.05) is 13.2 Å². The summed E-state index contributed by atoms with van der Waals surface area (Å²) < 4.78 is 5.40. The van der Waals surface area contributed by atoms with E-state index in [4.69, 9.17) is 4.74 Å². The summed E-state index contributed by atoms with van der Waals surface area (Å²) in [7, 11) is 1.81. The highest BCUT2D eigenvalue weighted by atomic mass is 16.5. The molecule has 0 bridgehead atoms. The van der Waals surface area contributed by atoms with Crippen LogP contribution in [0, 0.1) is 0 Å². The van der Waals surface area contributed by atoms with Crippen molar-refractivity contribution in [1.29, 1.82) is 0 Å². The molecule has 0 atom stereocenters. The van der Waals surface area contributed by atoms with Crippen molar-refractivity contribution in [2.24, 2.45) is 0 Å². The number of aromatic nitrogens is 2. The molecule has 1 aromatic carbocycles. The first-order chi connectivity index (χ1) is 9.35. The van der Waals surface area contributed by atoms with Crippen LogP contribution in [0.2, 0.25) is 0 Å². The molecule has 1 saturated carbocycles. The van der Waals surface area contributed by atoms with E-state index in [1.165, 1.54) is 12.8 Å². The Kier molecular flexibility index (Phi) is 3.80. The zero-order chi connectivity index (χ0) is 13.1. The number of nitrogens with zero attached hydrogens (tertiary/aromatic N) is 1. The third-order valence-electron chi connectivity index (χ3n) is 4.00. The van der Waals surface area contributed by atoms with Gasteiger partial charge in [0.25, 0.3) is 0 Å². The molecule has 4 nitrogen and oxygen atoms in total. The van der Waals surface area contributed by atoms with Gasteiger partial charge in [-0.3, -0.25) is 0 Å². The second kappa shape index (κ2) is 5.72. The van der Waals surface area contributed by atoms with Gasteiger partial charge in [0.2, 0.25) is 0 Å². The molecule has 0 spiro atoms. The summed E-state index contributed by atoms with van der Waals surface area (Å²) in [5.41, 5.74) is 2.16. The van der Waals surface area contributed by atoms with E-state index in [0.717, 1.165) is 36.2 Å². The van der Waals surface area contributed by atoms with Gasteiger partial charge in [-0.2, -0.15) is 0 Å². The molecule has 0 aliphatic heterocycles. The predicted octanol–water partition coefficient (Wildman–Crippen LogP) is 2.61. The number of aromatic amines is 1. The fraction of sp³-hybridized carbons (Fsp3) is 0.533. The van der Waals surface area contributed by atoms with Crippen molar-refractivity contribution in [3.05, 3.63) is 30.1 Å². The standard InChI is InChI=1S/C15H21N3O/c1-19-12-8-6-11(7-9-12)16-10-15-17-13-4-2-3-5-14(13)18-15/h2-5,11-12,16H,6-10H2,1H3,(H,17,18). The van der Waals surface area contributed by atoms with E-state index in [-0.39, 0.29) is 0 Å². The molecule has 1 aliphatic rings. The monoisotopic (exact) mass is 259 g/mol. The van der Waals surface area contributed by atoms with Crippen LogP contribution in [0.5, 0.6) is 0 Å². The van der Waals surface area contributed by atoms with E-state index in [1.54, 1.807) is 0 Å². The summed E-state index contributed by atoms with van der Waals surface area (Å²) in [6, 6.07) is 8.75. The van der Waals surface area contributed by atoms with Gasteiger partial charge < -0.3 is 15.0 Å². The molecule has 102 valence electrons. The number of imidazole rings is 1. The Hall–Kier alpha value is -1.39. The highest BCUT2D eigenvalue weighted by molar-refractivity contribution is 5.74. The minimum Gasteiger partial charge on any atom is -0.381 e. The Bertz CT molecular complexity index is 496. The van der Waals surface area contributed by atoms with Crippen molar-refractivity contribution in [3.8, 4) is 0 Å². The van der Waals surface area contributed by atoms with E-state index in [1.807, 2.05) is 25.3 Å². The Morgan fingerprint density at radius 1 is 1.26 bits per heavy atom. The predicted molar refractivity (Wildman–Crippen MR) is 76.0 cm³/mol. The number of fused-ring (bicyclic) bond motifs is 1. The van der Waals surface area contributed by atoms with Crippen LogP contribution in [0.3, 0.4) is 0 Å². The maximum atomic E-state index is 5.40. The van der Waals surface area contributed by atoms with Crippen molar-refractivity contribution in [1.82, 2.24) is 15.3 Å². The molecule has 4 heteroatoms. The Morgan fingerprint density at radius 3 is 2.79 bits per heavy atom. The van der Waals surface area contributed by atoms with Gasteiger partial charge in [-0.15, -0.1) is 0 Å². The molecule has 0 saturated heterocycles. The summed E-state index contributed by atoms with van der Waals surface area (Å²) in [6.45, 7) is 0.816. The second-order valence-corrected chi connectivity index (χ2v) is 5.29. The molecule has 0 unspecified atom stereocenters. The first-order valence-corrected chi connectivity index (χ1v) is 7.05. The van der Waals surface area contributed by atoms with E-state index in [2.05, 4.69) is 21.4 Å². The summed E-state index contributed by atoms with van der Waals surface area (Å²) in [4.78, 5) is 7.94. The highest BCUT2D eigenvalue weighted by Gasteiger charge is 2.20. The highest BCUT2D eigenvalue weighted by Crippen LogP contribution is 2.21. The molecule has 0 radical (unpaired) electrons. The van der Waals surface area contributed by atoms with Gasteiger partial charge >= 0.3 is 0 Å². The first kappa shape index (κ1) is 12.6. The maximum Gasteiger partial charge on any atom is 0.121 e. The molecule has 1 heterocycles. The van der Waals surface area contributed by atoms with E-state index < -0.39 is 0 Å². The number of para-hydroxylation sites is 2. The minimum atomic E-state index is 0.462. The summed E-state index contributed by atoms with van der Waals surface area (Å²) in [6.07, 6.45) is 5.17. The van der Waals surface area contributed by atoms with E-state index in [9.17, 15) is 0 Å². The smallest absolute Gasteiger partial charge is 0.121 e. The Labute approximate surface area is 113 Å². The fourth-order valence-corrected chi connectivity index (χ4v) is 2.83. The lowest BCUT2D eigenvalue weighted by Crippen LogP contribution is -2.34. The van der Waals surface area contributed by atoms with E-state index >= 15 is 0 Å². The van der Waals surface area contributed by atoms with Crippen LogP contribution < -0.4 is 5.32 Å². The number of ether oxygens (including phenoxy) is 1. The van der Waals surface area contributed by atoms with Gasteiger partial charge in [0.15, 0.2) is 0 Å². The molecule has 2 aromatic rings. The number of benzene rings is 1. The second-order valence-electron chi connectivity index (χ2n) is 5.29. The fourth-order valence-electron chi connectivity index (χ4n) is 2.83. The summed E-state index contributed by atoms with van der Waals surface area (Å²) >= 11 is 0. The average Bonchev–Trinajstić information content (AvgIpc) is 2.88. The van der Waals surface area contributed by atoms with Crippen LogP contribution in [0.15, 0.2) is 24.3 Å². The average molecular weight is 259 g/mol. The van der Waals surface area contributed by atoms with Gasteiger partial charge in [-0.05, 0) is 37.8 Å². The Balaban J connectivity index is 1.55. The van der Waals surface area contributed by atoms with Crippen LogP contribution in [0.4, 0.5) is 0 Å². The largest absolute Gasteiger partial charge is 0.381 e. The SMILES string of the molecule is COC1CCC(NCc2nc3ccccc3[nH]2)CC1. The lowest BCUT2D eigenvalue weighted by atomic mass is 9.93. The van der Waals surface area contributed by atoms with Gasteiger partial charge in [-0.25, -0.2) is 4.98 Å². The molecule has 3 rings (SSSR count). The number of hydrogen-bond acceptors (Lipinski definition) is 3. The van der Waals surface area contributed by atoms with Crippen LogP contribution in [-0.2, 0) is 11.3 Å². The first-order valence-electron chi connectivity index (χ1n) is 7.05. The molecular formula is C15H21N3O. The van der Waals surface area contributed by atoms with Gasteiger partial charge in [0.1, 0.15) is 5.82 Å². The molecule has 1 aromatic heterocycles. The molecular weight excluding hydrogens is 238 g/mol. The molecule has 1 fully saturated rings. The van der Waals surface area contributed by atoms with Crippen LogP contribution in [0.1, 0.15) is 31.5 Å². The van der Waals surface area contributed by atoms with Gasteiger partial charge in [-0.1, -0.05) is 12.1 Å². The number of rotatable bonds is 4. The zero-order valence-corrected chi connectivity index (χ0v) is 11.4. The molecule has 19 heavy (non-hydrogen) atoms. The van der Waals surface area contributed by atoms with Gasteiger partial charge in [0.05, 0.1) is 23.7 Å². The molecule has 1 aliphatic carbocycles. The number of H-pyrrole nitrogens is 1. The lowest BCUT2D eigenvalue weighted by Gasteiger charge is -2.28. The maximum absolute atomic E-state index is 5.40. The lowest BCUT2D eigenvalue weighted by molar-refractivity contribution is 0.0623. The molecule has 0 amide bonds. The minimum absolute atomic E-state index is 0.462. The number of nitrogens with one attached hydrogen (secondary N) is 2. The summed E-state index contributed by atoms with van der Waals surface area (Å²) in [5.74, 6) is 1.02. The van der Waals surface area contributed by atoms with Crippen molar-refractivity contribution in [2.45, 2.75) is 44.4 Å². The van der Waals surface area contributed by atoms with Crippen LogP contribution >= 0.6 is 0 Å². The Morgan fingerprint density at radius 2 is 2.05 bits per heavy atom. The molecule has 2 N–H and O–H groups in total. The third kappa shape index (κ3) is 2.96. The van der Waals surface area contributed by atoms with Crippen LogP contribution in [0.25, 0.3) is 11.0 Å². The topological polar surface area (TPSA) is 49.9 Å². The quantitative estimate of drug-likeness (QED) is 0.887. The van der Waals surface area contributed by atoms with Crippen molar-refractivity contribution >= 4 is 11.0 Å². The van der Waals surface area contributed by atoms with Crippen molar-refractivity contribution in [3.63, 3.8) is 0 Å². The number of methoxy groups -OCH3 is 1. The van der Waals surface area contributed by atoms with E-state index in [0.29, 0.717) is 12.1 Å². The van der Waals surface area contributed by atoms with Crippen LogP contribution in [-0.4, -0.2) is 29.2 Å². The normalized spacial score (nSPS) is 23.8. The zero-order valence-electron chi connectivity index (χ0n) is 11.4. The summed E-state index contributed by atoms with van der Waals surface area (Å²) in [5, 5.41) is 3.59. The third-order valence-corrected chi connectivity index (χ3v) is 4.00.